The van der Waals surface area contributed by atoms with Gasteiger partial charge in [0.1, 0.15) is 0 Å². The van der Waals surface area contributed by atoms with E-state index in [1.807, 2.05) is 18.7 Å². The average molecular weight is 332 g/mol. The van der Waals surface area contributed by atoms with Crippen LogP contribution in [0.3, 0.4) is 0 Å². The quantitative estimate of drug-likeness (QED) is 0.872. The highest BCUT2D eigenvalue weighted by molar-refractivity contribution is 5.82. The van der Waals surface area contributed by atoms with Gasteiger partial charge in [-0.15, -0.1) is 0 Å². The van der Waals surface area contributed by atoms with Crippen LogP contribution in [0, 0.1) is 5.92 Å². The molecule has 1 amide bonds. The van der Waals surface area contributed by atoms with Crippen LogP contribution in [0.4, 0.5) is 0 Å². The maximum absolute atomic E-state index is 12.9. The van der Waals surface area contributed by atoms with Gasteiger partial charge in [0.05, 0.1) is 6.04 Å². The van der Waals surface area contributed by atoms with E-state index in [9.17, 15) is 4.79 Å². The van der Waals surface area contributed by atoms with Crippen molar-refractivity contribution in [3.05, 3.63) is 35.9 Å². The summed E-state index contributed by atoms with van der Waals surface area (Å²) in [5.41, 5.74) is 7.49. The van der Waals surface area contributed by atoms with E-state index < -0.39 is 6.04 Å². The van der Waals surface area contributed by atoms with Crippen LogP contribution >= 0.6 is 0 Å². The maximum atomic E-state index is 12.9. The fourth-order valence-electron chi connectivity index (χ4n) is 3.56. The minimum atomic E-state index is -0.406. The third-order valence-electron chi connectivity index (χ3n) is 4.94. The van der Waals surface area contributed by atoms with Crippen LogP contribution in [0.2, 0.25) is 0 Å². The monoisotopic (exact) mass is 331 g/mol. The zero-order valence-electron chi connectivity index (χ0n) is 15.6. The van der Waals surface area contributed by atoms with Gasteiger partial charge in [-0.25, -0.2) is 0 Å². The number of likely N-dealkylation sites (tertiary alicyclic amines) is 1. The molecular formula is C20H33N3O. The van der Waals surface area contributed by atoms with Crippen molar-refractivity contribution in [3.63, 3.8) is 0 Å². The first-order valence-electron chi connectivity index (χ1n) is 9.24. The number of carbonyl (C=O) groups excluding carboxylic acids is 1. The van der Waals surface area contributed by atoms with Crippen molar-refractivity contribution >= 4 is 5.91 Å². The number of nitrogens with zero attached hydrogens (tertiary/aromatic N) is 2. The Morgan fingerprint density at radius 3 is 2.50 bits per heavy atom. The molecule has 24 heavy (non-hydrogen) atoms. The van der Waals surface area contributed by atoms with Crippen LogP contribution in [0.5, 0.6) is 0 Å². The lowest BCUT2D eigenvalue weighted by molar-refractivity contribution is -0.139. The highest BCUT2D eigenvalue weighted by Gasteiger charge is 2.33. The summed E-state index contributed by atoms with van der Waals surface area (Å²) >= 11 is 0. The minimum absolute atomic E-state index is 0.103. The van der Waals surface area contributed by atoms with E-state index in [2.05, 4.69) is 49.1 Å². The molecule has 1 heterocycles. The fourth-order valence-corrected chi connectivity index (χ4v) is 3.56. The van der Waals surface area contributed by atoms with Gasteiger partial charge in [-0.1, -0.05) is 44.2 Å². The molecule has 4 nitrogen and oxygen atoms in total. The summed E-state index contributed by atoms with van der Waals surface area (Å²) in [6.07, 6.45) is 2.20. The topological polar surface area (TPSA) is 49.6 Å². The lowest BCUT2D eigenvalue weighted by Crippen LogP contribution is -2.57. The highest BCUT2D eigenvalue weighted by atomic mass is 16.2. The van der Waals surface area contributed by atoms with E-state index in [4.69, 9.17) is 5.73 Å². The third kappa shape index (κ3) is 4.81. The summed E-state index contributed by atoms with van der Waals surface area (Å²) < 4.78 is 0. The Kier molecular flexibility index (Phi) is 6.81. The maximum Gasteiger partial charge on any atom is 0.240 e. The molecule has 0 spiro atoms. The second-order valence-electron chi connectivity index (χ2n) is 7.63. The van der Waals surface area contributed by atoms with Crippen molar-refractivity contribution in [3.8, 4) is 0 Å². The zero-order chi connectivity index (χ0) is 17.7. The predicted octanol–water partition coefficient (Wildman–Crippen LogP) is 2.87. The van der Waals surface area contributed by atoms with Crippen molar-refractivity contribution in [2.45, 2.75) is 65.2 Å². The van der Waals surface area contributed by atoms with Crippen LogP contribution in [-0.2, 0) is 11.3 Å². The number of piperidine rings is 1. The molecular weight excluding hydrogens is 298 g/mol. The second-order valence-corrected chi connectivity index (χ2v) is 7.63. The first-order valence-corrected chi connectivity index (χ1v) is 9.24. The summed E-state index contributed by atoms with van der Waals surface area (Å²) in [4.78, 5) is 17.4. The van der Waals surface area contributed by atoms with Crippen LogP contribution in [0.1, 0.15) is 46.1 Å². The Morgan fingerprint density at radius 2 is 1.92 bits per heavy atom. The number of benzene rings is 1. The summed E-state index contributed by atoms with van der Waals surface area (Å²) in [7, 11) is 0. The van der Waals surface area contributed by atoms with Crippen LogP contribution in [-0.4, -0.2) is 46.9 Å². The summed E-state index contributed by atoms with van der Waals surface area (Å²) in [5, 5.41) is 0. The largest absolute Gasteiger partial charge is 0.335 e. The van der Waals surface area contributed by atoms with Gasteiger partial charge in [0.15, 0.2) is 0 Å². The molecule has 0 radical (unpaired) electrons. The van der Waals surface area contributed by atoms with Crippen LogP contribution in [0.25, 0.3) is 0 Å². The Hall–Kier alpha value is -1.39. The molecule has 0 bridgehead atoms. The molecule has 2 atom stereocenters. The molecule has 1 aromatic carbocycles. The van der Waals surface area contributed by atoms with Crippen molar-refractivity contribution < 1.29 is 4.79 Å². The molecule has 0 saturated carbocycles. The van der Waals surface area contributed by atoms with Crippen LogP contribution in [0.15, 0.2) is 30.3 Å². The third-order valence-corrected chi connectivity index (χ3v) is 4.94. The van der Waals surface area contributed by atoms with E-state index in [1.165, 1.54) is 5.56 Å². The average Bonchev–Trinajstić information content (AvgIpc) is 2.55. The normalized spacial score (nSPS) is 20.4. The number of nitrogens with two attached hydrogens (primary N) is 1. The van der Waals surface area contributed by atoms with E-state index in [0.29, 0.717) is 0 Å². The second kappa shape index (κ2) is 8.63. The first-order chi connectivity index (χ1) is 11.4. The molecule has 1 aliphatic rings. The molecule has 0 aromatic heterocycles. The SMILES string of the molecule is CC(C)[C@H](N)C(=O)N(C(C)C)[C@H]1CCCN(Cc2ccccc2)C1. The van der Waals surface area contributed by atoms with Crippen LogP contribution < -0.4 is 5.73 Å². The van der Waals surface area contributed by atoms with E-state index in [0.717, 1.165) is 32.5 Å². The van der Waals surface area contributed by atoms with Gasteiger partial charge in [0.2, 0.25) is 5.91 Å². The molecule has 1 aromatic rings. The van der Waals surface area contributed by atoms with Crippen molar-refractivity contribution in [1.29, 1.82) is 0 Å². The van der Waals surface area contributed by atoms with Gasteiger partial charge in [-0.3, -0.25) is 9.69 Å². The molecule has 0 aliphatic carbocycles. The van der Waals surface area contributed by atoms with Gasteiger partial charge < -0.3 is 10.6 Å². The standard InChI is InChI=1S/C20H33N3O/c1-15(2)19(21)20(24)23(16(3)4)18-11-8-12-22(14-18)13-17-9-6-5-7-10-17/h5-7,9-10,15-16,18-19H,8,11-14,21H2,1-4H3/t18-,19-/m0/s1. The lowest BCUT2D eigenvalue weighted by Gasteiger charge is -2.42. The van der Waals surface area contributed by atoms with Gasteiger partial charge >= 0.3 is 0 Å². The number of hydrogen-bond acceptors (Lipinski definition) is 3. The van der Waals surface area contributed by atoms with Gasteiger partial charge in [-0.2, -0.15) is 0 Å². The molecule has 2 N–H and O–H groups in total. The molecule has 134 valence electrons. The predicted molar refractivity (Wildman–Crippen MR) is 99.5 cm³/mol. The van der Waals surface area contributed by atoms with E-state index >= 15 is 0 Å². The fraction of sp³-hybridized carbons (Fsp3) is 0.650. The highest BCUT2D eigenvalue weighted by Crippen LogP contribution is 2.21. The molecule has 0 unspecified atom stereocenters. The minimum Gasteiger partial charge on any atom is -0.335 e. The first kappa shape index (κ1) is 18.9. The summed E-state index contributed by atoms with van der Waals surface area (Å²) in [6.45, 7) is 11.2. The zero-order valence-corrected chi connectivity index (χ0v) is 15.6. The van der Waals surface area contributed by atoms with Crippen molar-refractivity contribution in [2.75, 3.05) is 13.1 Å². The molecule has 1 saturated heterocycles. The van der Waals surface area contributed by atoms with Crippen molar-refractivity contribution in [1.82, 2.24) is 9.80 Å². The van der Waals surface area contributed by atoms with Gasteiger partial charge in [0.25, 0.3) is 0 Å². The number of amides is 1. The van der Waals surface area contributed by atoms with Gasteiger partial charge in [-0.05, 0) is 44.7 Å². The Morgan fingerprint density at radius 1 is 1.25 bits per heavy atom. The lowest BCUT2D eigenvalue weighted by atomic mass is 9.98. The Labute approximate surface area is 147 Å². The number of carbonyl (C=O) groups is 1. The molecule has 4 heteroatoms. The molecule has 1 fully saturated rings. The summed E-state index contributed by atoms with van der Waals surface area (Å²) in [5.74, 6) is 0.273. The van der Waals surface area contributed by atoms with Gasteiger partial charge in [0, 0.05) is 25.2 Å². The molecule has 1 aliphatic heterocycles. The Balaban J connectivity index is 2.06. The number of rotatable bonds is 6. The smallest absolute Gasteiger partial charge is 0.240 e. The Bertz CT molecular complexity index is 515. The van der Waals surface area contributed by atoms with E-state index in [-0.39, 0.29) is 23.9 Å². The van der Waals surface area contributed by atoms with E-state index in [1.54, 1.807) is 0 Å². The molecule has 2 rings (SSSR count). The van der Waals surface area contributed by atoms with Crippen molar-refractivity contribution in [2.24, 2.45) is 11.7 Å². The summed E-state index contributed by atoms with van der Waals surface area (Å²) in [6, 6.07) is 10.6. The number of hydrogen-bond donors (Lipinski definition) is 1.